The summed E-state index contributed by atoms with van der Waals surface area (Å²) in [4.78, 5) is 16.2. The molecule has 0 bridgehead atoms. The van der Waals surface area contributed by atoms with Gasteiger partial charge in [-0.3, -0.25) is 4.79 Å². The number of carbonyl (C=O) groups is 1. The largest absolute Gasteiger partial charge is 0.349 e. The first-order chi connectivity index (χ1) is 11.2. The summed E-state index contributed by atoms with van der Waals surface area (Å²) in [7, 11) is 0. The smallest absolute Gasteiger partial charge is 0.224 e. The average Bonchev–Trinajstić information content (AvgIpc) is 3.10. The Morgan fingerprint density at radius 3 is 2.52 bits per heavy atom. The molecule has 0 aliphatic rings. The normalized spacial score (nSPS) is 11.9. The molecule has 0 fully saturated rings. The van der Waals surface area contributed by atoms with E-state index in [4.69, 9.17) is 0 Å². The minimum atomic E-state index is -0.0250. The first kappa shape index (κ1) is 15.0. The number of imidazole rings is 1. The Labute approximate surface area is 135 Å². The van der Waals surface area contributed by atoms with Gasteiger partial charge in [-0.1, -0.05) is 42.5 Å². The zero-order valence-electron chi connectivity index (χ0n) is 13.0. The van der Waals surface area contributed by atoms with Crippen LogP contribution in [0.15, 0.2) is 73.3 Å². The molecule has 116 valence electrons. The molecule has 1 aromatic heterocycles. The van der Waals surface area contributed by atoms with E-state index in [1.165, 1.54) is 0 Å². The Morgan fingerprint density at radius 2 is 1.87 bits per heavy atom. The monoisotopic (exact) mass is 305 g/mol. The number of nitrogens with zero attached hydrogens (tertiary/aromatic N) is 2. The summed E-state index contributed by atoms with van der Waals surface area (Å²) in [6.45, 7) is 2.00. The molecule has 1 heterocycles. The van der Waals surface area contributed by atoms with Crippen LogP contribution in [0.5, 0.6) is 0 Å². The van der Waals surface area contributed by atoms with Crippen molar-refractivity contribution < 1.29 is 4.79 Å². The maximum absolute atomic E-state index is 12.1. The second kappa shape index (κ2) is 6.92. The zero-order chi connectivity index (χ0) is 16.1. The highest BCUT2D eigenvalue weighted by atomic mass is 16.1. The lowest BCUT2D eigenvalue weighted by molar-refractivity contribution is -0.121. The van der Waals surface area contributed by atoms with Gasteiger partial charge in [-0.05, 0) is 30.2 Å². The number of nitrogens with one attached hydrogen (secondary N) is 1. The molecule has 0 radical (unpaired) electrons. The Morgan fingerprint density at radius 1 is 1.13 bits per heavy atom. The molecule has 0 aliphatic carbocycles. The van der Waals surface area contributed by atoms with E-state index >= 15 is 0 Å². The highest BCUT2D eigenvalue weighted by molar-refractivity contribution is 5.79. The van der Waals surface area contributed by atoms with Gasteiger partial charge in [0.05, 0.1) is 18.8 Å². The lowest BCUT2D eigenvalue weighted by atomic mass is 10.1. The number of benzene rings is 2. The predicted molar refractivity (Wildman–Crippen MR) is 90.3 cm³/mol. The Bertz CT molecular complexity index is 749. The van der Waals surface area contributed by atoms with Gasteiger partial charge in [-0.15, -0.1) is 0 Å². The fourth-order valence-corrected chi connectivity index (χ4v) is 2.50. The van der Waals surface area contributed by atoms with Crippen molar-refractivity contribution >= 4 is 5.91 Å². The van der Waals surface area contributed by atoms with Crippen molar-refractivity contribution in [3.8, 4) is 5.69 Å². The number of rotatable bonds is 5. The van der Waals surface area contributed by atoms with Crippen molar-refractivity contribution in [2.24, 2.45) is 0 Å². The topological polar surface area (TPSA) is 46.9 Å². The van der Waals surface area contributed by atoms with Crippen LogP contribution in [0, 0.1) is 0 Å². The van der Waals surface area contributed by atoms with Gasteiger partial charge in [0.2, 0.25) is 5.91 Å². The first-order valence-electron chi connectivity index (χ1n) is 7.64. The number of amides is 1. The molecule has 4 nitrogen and oxygen atoms in total. The SMILES string of the molecule is CC(NC(=O)Cc1ccccc1)c1ccc(-n2ccnc2)cc1. The van der Waals surface area contributed by atoms with Crippen LogP contribution in [0.25, 0.3) is 5.69 Å². The van der Waals surface area contributed by atoms with E-state index in [1.54, 1.807) is 12.5 Å². The van der Waals surface area contributed by atoms with Gasteiger partial charge in [-0.2, -0.15) is 0 Å². The highest BCUT2D eigenvalue weighted by Gasteiger charge is 2.10. The van der Waals surface area contributed by atoms with Gasteiger partial charge < -0.3 is 9.88 Å². The Balaban J connectivity index is 1.61. The van der Waals surface area contributed by atoms with Crippen LogP contribution in [-0.2, 0) is 11.2 Å². The molecular formula is C19H19N3O. The van der Waals surface area contributed by atoms with Gasteiger partial charge in [0.25, 0.3) is 0 Å². The van der Waals surface area contributed by atoms with Crippen LogP contribution in [-0.4, -0.2) is 15.5 Å². The minimum absolute atomic E-state index is 0.0250. The quantitative estimate of drug-likeness (QED) is 0.786. The van der Waals surface area contributed by atoms with E-state index < -0.39 is 0 Å². The summed E-state index contributed by atoms with van der Waals surface area (Å²) >= 11 is 0. The second-order valence-electron chi connectivity index (χ2n) is 5.51. The molecule has 0 aliphatic heterocycles. The molecule has 3 rings (SSSR count). The van der Waals surface area contributed by atoms with Crippen LogP contribution in [0.3, 0.4) is 0 Å². The summed E-state index contributed by atoms with van der Waals surface area (Å²) < 4.78 is 1.95. The van der Waals surface area contributed by atoms with Gasteiger partial charge >= 0.3 is 0 Å². The van der Waals surface area contributed by atoms with Gasteiger partial charge in [0, 0.05) is 18.1 Å². The van der Waals surface area contributed by atoms with E-state index in [1.807, 2.05) is 72.3 Å². The average molecular weight is 305 g/mol. The maximum Gasteiger partial charge on any atom is 0.224 e. The molecule has 3 aromatic rings. The number of hydrogen-bond donors (Lipinski definition) is 1. The molecule has 23 heavy (non-hydrogen) atoms. The van der Waals surface area contributed by atoms with Crippen molar-refractivity contribution in [3.63, 3.8) is 0 Å². The Kier molecular flexibility index (Phi) is 4.52. The third kappa shape index (κ3) is 3.86. The minimum Gasteiger partial charge on any atom is -0.349 e. The van der Waals surface area contributed by atoms with Crippen LogP contribution < -0.4 is 5.32 Å². The molecule has 0 spiro atoms. The summed E-state index contributed by atoms with van der Waals surface area (Å²) in [5.41, 5.74) is 3.15. The molecule has 0 saturated carbocycles. The van der Waals surface area contributed by atoms with E-state index in [0.29, 0.717) is 6.42 Å². The van der Waals surface area contributed by atoms with Crippen molar-refractivity contribution in [2.75, 3.05) is 0 Å². The van der Waals surface area contributed by atoms with Crippen LogP contribution in [0.4, 0.5) is 0 Å². The fraction of sp³-hybridized carbons (Fsp3) is 0.158. The van der Waals surface area contributed by atoms with Gasteiger partial charge in [0.1, 0.15) is 0 Å². The van der Waals surface area contributed by atoms with Crippen molar-refractivity contribution in [1.82, 2.24) is 14.9 Å². The molecule has 1 amide bonds. The molecule has 1 unspecified atom stereocenters. The summed E-state index contributed by atoms with van der Waals surface area (Å²) in [5, 5.41) is 3.04. The van der Waals surface area contributed by atoms with Crippen molar-refractivity contribution in [2.45, 2.75) is 19.4 Å². The predicted octanol–water partition coefficient (Wildman–Crippen LogP) is 3.29. The summed E-state index contributed by atoms with van der Waals surface area (Å²) in [5.74, 6) is 0.0300. The second-order valence-corrected chi connectivity index (χ2v) is 5.51. The summed E-state index contributed by atoms with van der Waals surface area (Å²) in [6, 6.07) is 17.9. The molecule has 2 aromatic carbocycles. The van der Waals surface area contributed by atoms with Crippen molar-refractivity contribution in [3.05, 3.63) is 84.4 Å². The number of aromatic nitrogens is 2. The summed E-state index contributed by atoms with van der Waals surface area (Å²) in [6.07, 6.45) is 5.82. The molecule has 1 N–H and O–H groups in total. The number of hydrogen-bond acceptors (Lipinski definition) is 2. The van der Waals surface area contributed by atoms with E-state index in [2.05, 4.69) is 10.3 Å². The lowest BCUT2D eigenvalue weighted by Crippen LogP contribution is -2.28. The lowest BCUT2D eigenvalue weighted by Gasteiger charge is -2.15. The first-order valence-corrected chi connectivity index (χ1v) is 7.64. The van der Waals surface area contributed by atoms with E-state index in [9.17, 15) is 4.79 Å². The molecular weight excluding hydrogens is 286 g/mol. The fourth-order valence-electron chi connectivity index (χ4n) is 2.50. The van der Waals surface area contributed by atoms with Crippen LogP contribution >= 0.6 is 0 Å². The van der Waals surface area contributed by atoms with Crippen LogP contribution in [0.1, 0.15) is 24.1 Å². The Hall–Kier alpha value is -2.88. The van der Waals surface area contributed by atoms with E-state index in [0.717, 1.165) is 16.8 Å². The molecule has 0 saturated heterocycles. The third-order valence-corrected chi connectivity index (χ3v) is 3.78. The van der Waals surface area contributed by atoms with Crippen molar-refractivity contribution in [1.29, 1.82) is 0 Å². The maximum atomic E-state index is 12.1. The third-order valence-electron chi connectivity index (χ3n) is 3.78. The zero-order valence-corrected chi connectivity index (χ0v) is 13.0. The van der Waals surface area contributed by atoms with E-state index in [-0.39, 0.29) is 11.9 Å². The number of carbonyl (C=O) groups excluding carboxylic acids is 1. The highest BCUT2D eigenvalue weighted by Crippen LogP contribution is 2.16. The molecule has 1 atom stereocenters. The van der Waals surface area contributed by atoms with Gasteiger partial charge in [-0.25, -0.2) is 4.98 Å². The van der Waals surface area contributed by atoms with Gasteiger partial charge in [0.15, 0.2) is 0 Å². The van der Waals surface area contributed by atoms with Crippen LogP contribution in [0.2, 0.25) is 0 Å². The molecule has 4 heteroatoms. The standard InChI is InChI=1S/C19H19N3O/c1-15(21-19(23)13-16-5-3-2-4-6-16)17-7-9-18(10-8-17)22-12-11-20-14-22/h2-12,14-15H,13H2,1H3,(H,21,23).